The summed E-state index contributed by atoms with van der Waals surface area (Å²) in [6.07, 6.45) is 5.24. The van der Waals surface area contributed by atoms with Crippen LogP contribution >= 0.6 is 11.3 Å². The number of nitrogens with zero attached hydrogens (tertiary/aromatic N) is 1. The first kappa shape index (κ1) is 13.5. The maximum Gasteiger partial charge on any atom is 0.314 e. The van der Waals surface area contributed by atoms with Crippen molar-refractivity contribution in [1.82, 2.24) is 15.6 Å². The summed E-state index contributed by atoms with van der Waals surface area (Å²) in [5, 5.41) is 7.73. The van der Waals surface area contributed by atoms with E-state index in [1.807, 2.05) is 29.8 Å². The minimum Gasteiger partial charge on any atom is -0.338 e. The fourth-order valence-corrected chi connectivity index (χ4v) is 2.39. The molecule has 2 aromatic heterocycles. The summed E-state index contributed by atoms with van der Waals surface area (Å²) in [6, 6.07) is 7.89. The van der Waals surface area contributed by atoms with Crippen LogP contribution in [0, 0.1) is 0 Å². The fourth-order valence-electron chi connectivity index (χ4n) is 1.68. The molecule has 0 atom stereocenters. The zero-order chi connectivity index (χ0) is 13.3. The Balaban J connectivity index is 1.57. The van der Waals surface area contributed by atoms with E-state index in [-0.39, 0.29) is 6.03 Å². The quantitative estimate of drug-likeness (QED) is 0.849. The average Bonchev–Trinajstić information content (AvgIpc) is 2.93. The van der Waals surface area contributed by atoms with Gasteiger partial charge in [-0.05, 0) is 35.9 Å². The van der Waals surface area contributed by atoms with Crippen molar-refractivity contribution in [2.24, 2.45) is 0 Å². The van der Waals surface area contributed by atoms with Crippen molar-refractivity contribution in [2.75, 3.05) is 13.1 Å². The molecule has 0 aromatic carbocycles. The molecule has 0 unspecified atom stereocenters. The van der Waals surface area contributed by atoms with Crippen LogP contribution in [0.3, 0.4) is 0 Å². The molecule has 0 bridgehead atoms. The Labute approximate surface area is 116 Å². The second kappa shape index (κ2) is 7.53. The van der Waals surface area contributed by atoms with E-state index in [0.717, 1.165) is 18.4 Å². The summed E-state index contributed by atoms with van der Waals surface area (Å²) in [5.74, 6) is 0. The van der Waals surface area contributed by atoms with Crippen LogP contribution in [-0.4, -0.2) is 24.1 Å². The number of rotatable bonds is 6. The summed E-state index contributed by atoms with van der Waals surface area (Å²) in [6.45, 7) is 1.29. The van der Waals surface area contributed by atoms with Crippen molar-refractivity contribution in [3.8, 4) is 0 Å². The number of thiophene rings is 1. The Morgan fingerprint density at radius 1 is 1.16 bits per heavy atom. The van der Waals surface area contributed by atoms with Gasteiger partial charge in [0.2, 0.25) is 0 Å². The van der Waals surface area contributed by atoms with E-state index in [4.69, 9.17) is 0 Å². The van der Waals surface area contributed by atoms with E-state index in [1.54, 1.807) is 17.5 Å². The maximum absolute atomic E-state index is 11.5. The summed E-state index contributed by atoms with van der Waals surface area (Å²) in [5.41, 5.74) is 1.13. The van der Waals surface area contributed by atoms with E-state index in [2.05, 4.69) is 21.7 Å². The van der Waals surface area contributed by atoms with Crippen molar-refractivity contribution < 1.29 is 4.79 Å². The third-order valence-electron chi connectivity index (χ3n) is 2.66. The van der Waals surface area contributed by atoms with E-state index in [9.17, 15) is 4.79 Å². The Morgan fingerprint density at radius 3 is 2.68 bits per heavy atom. The first-order valence-corrected chi connectivity index (χ1v) is 7.15. The number of amides is 2. The summed E-state index contributed by atoms with van der Waals surface area (Å²) in [7, 11) is 0. The lowest BCUT2D eigenvalue weighted by molar-refractivity contribution is 0.241. The first-order valence-electron chi connectivity index (χ1n) is 6.27. The van der Waals surface area contributed by atoms with Crippen molar-refractivity contribution >= 4 is 17.4 Å². The highest BCUT2D eigenvalue weighted by Crippen LogP contribution is 2.07. The van der Waals surface area contributed by atoms with Crippen molar-refractivity contribution in [2.45, 2.75) is 12.8 Å². The second-order valence-corrected chi connectivity index (χ2v) is 5.16. The summed E-state index contributed by atoms with van der Waals surface area (Å²) >= 11 is 1.71. The standard InChI is InChI=1S/C14H17N3OS/c18-14(17-9-6-13-4-2-10-19-13)16-8-5-12-3-1-7-15-11-12/h1-4,7,10-11H,5-6,8-9H2,(H2,16,17,18). The third kappa shape index (κ3) is 5.09. The molecule has 100 valence electrons. The molecule has 0 spiro atoms. The Kier molecular flexibility index (Phi) is 5.37. The zero-order valence-corrected chi connectivity index (χ0v) is 11.5. The highest BCUT2D eigenvalue weighted by atomic mass is 32.1. The van der Waals surface area contributed by atoms with Gasteiger partial charge in [-0.3, -0.25) is 4.98 Å². The molecule has 0 saturated carbocycles. The van der Waals surface area contributed by atoms with Crippen LogP contribution in [0.1, 0.15) is 10.4 Å². The Bertz CT molecular complexity index is 485. The highest BCUT2D eigenvalue weighted by molar-refractivity contribution is 7.09. The first-order chi connectivity index (χ1) is 9.34. The van der Waals surface area contributed by atoms with Gasteiger partial charge in [-0.1, -0.05) is 12.1 Å². The molecule has 5 heteroatoms. The number of hydrogen-bond acceptors (Lipinski definition) is 3. The van der Waals surface area contributed by atoms with Gasteiger partial charge in [-0.25, -0.2) is 4.79 Å². The topological polar surface area (TPSA) is 54.0 Å². The third-order valence-corrected chi connectivity index (χ3v) is 3.60. The summed E-state index contributed by atoms with van der Waals surface area (Å²) in [4.78, 5) is 16.8. The van der Waals surface area contributed by atoms with Gasteiger partial charge in [0, 0.05) is 30.4 Å². The van der Waals surface area contributed by atoms with Crippen LogP contribution in [0.15, 0.2) is 42.0 Å². The normalized spacial score (nSPS) is 10.1. The van der Waals surface area contributed by atoms with Crippen LogP contribution in [0.5, 0.6) is 0 Å². The van der Waals surface area contributed by atoms with Crippen LogP contribution in [0.25, 0.3) is 0 Å². The predicted molar refractivity (Wildman–Crippen MR) is 77.4 cm³/mol. The molecule has 2 amide bonds. The largest absolute Gasteiger partial charge is 0.338 e. The number of aromatic nitrogens is 1. The Hall–Kier alpha value is -1.88. The SMILES string of the molecule is O=C(NCCc1cccnc1)NCCc1cccs1. The lowest BCUT2D eigenvalue weighted by Gasteiger charge is -2.06. The molecule has 0 fully saturated rings. The molecule has 0 aliphatic heterocycles. The fraction of sp³-hybridized carbons (Fsp3) is 0.286. The molecular weight excluding hydrogens is 258 g/mol. The van der Waals surface area contributed by atoms with Gasteiger partial charge < -0.3 is 10.6 Å². The summed E-state index contributed by atoms with van der Waals surface area (Å²) < 4.78 is 0. The molecule has 0 aliphatic carbocycles. The van der Waals surface area contributed by atoms with Gasteiger partial charge in [0.05, 0.1) is 0 Å². The molecule has 2 N–H and O–H groups in total. The second-order valence-electron chi connectivity index (χ2n) is 4.12. The molecule has 2 rings (SSSR count). The number of urea groups is 1. The molecule has 0 saturated heterocycles. The smallest absolute Gasteiger partial charge is 0.314 e. The lowest BCUT2D eigenvalue weighted by Crippen LogP contribution is -2.37. The molecule has 2 heterocycles. The number of carbonyl (C=O) groups is 1. The molecule has 19 heavy (non-hydrogen) atoms. The predicted octanol–water partition coefficient (Wildman–Crippen LogP) is 2.23. The molecular formula is C14H17N3OS. The van der Waals surface area contributed by atoms with Gasteiger partial charge in [0.15, 0.2) is 0 Å². The van der Waals surface area contributed by atoms with Crippen LogP contribution in [0.2, 0.25) is 0 Å². The minimum atomic E-state index is -0.111. The van der Waals surface area contributed by atoms with Gasteiger partial charge in [-0.15, -0.1) is 11.3 Å². The van der Waals surface area contributed by atoms with Crippen molar-refractivity contribution in [3.05, 3.63) is 52.5 Å². The zero-order valence-electron chi connectivity index (χ0n) is 10.6. The maximum atomic E-state index is 11.5. The Morgan fingerprint density at radius 2 is 2.00 bits per heavy atom. The minimum absolute atomic E-state index is 0.111. The van der Waals surface area contributed by atoms with E-state index in [1.165, 1.54) is 4.88 Å². The average molecular weight is 275 g/mol. The molecule has 0 radical (unpaired) electrons. The number of nitrogens with one attached hydrogen (secondary N) is 2. The van der Waals surface area contributed by atoms with Crippen LogP contribution in [-0.2, 0) is 12.8 Å². The van der Waals surface area contributed by atoms with Gasteiger partial charge in [-0.2, -0.15) is 0 Å². The number of pyridine rings is 1. The van der Waals surface area contributed by atoms with Gasteiger partial charge in [0.25, 0.3) is 0 Å². The van der Waals surface area contributed by atoms with E-state index < -0.39 is 0 Å². The van der Waals surface area contributed by atoms with Gasteiger partial charge in [0.1, 0.15) is 0 Å². The van der Waals surface area contributed by atoms with Crippen molar-refractivity contribution in [3.63, 3.8) is 0 Å². The molecule has 2 aromatic rings. The number of hydrogen-bond donors (Lipinski definition) is 2. The highest BCUT2D eigenvalue weighted by Gasteiger charge is 2.00. The van der Waals surface area contributed by atoms with E-state index in [0.29, 0.717) is 13.1 Å². The molecule has 0 aliphatic rings. The number of carbonyl (C=O) groups excluding carboxylic acids is 1. The van der Waals surface area contributed by atoms with Crippen LogP contribution < -0.4 is 10.6 Å². The van der Waals surface area contributed by atoms with E-state index >= 15 is 0 Å². The van der Waals surface area contributed by atoms with Crippen molar-refractivity contribution in [1.29, 1.82) is 0 Å². The lowest BCUT2D eigenvalue weighted by atomic mass is 10.2. The molecule has 4 nitrogen and oxygen atoms in total. The monoisotopic (exact) mass is 275 g/mol. The van der Waals surface area contributed by atoms with Crippen LogP contribution in [0.4, 0.5) is 4.79 Å². The van der Waals surface area contributed by atoms with Gasteiger partial charge >= 0.3 is 6.03 Å².